The van der Waals surface area contributed by atoms with E-state index in [9.17, 15) is 9.59 Å². The van der Waals surface area contributed by atoms with Gasteiger partial charge < -0.3 is 15.3 Å². The fourth-order valence-corrected chi connectivity index (χ4v) is 1.83. The molecule has 20 heavy (non-hydrogen) atoms. The molecule has 0 aliphatic rings. The third-order valence-electron chi connectivity index (χ3n) is 3.28. The minimum Gasteiger partial charge on any atom is -0.480 e. The molecule has 2 amide bonds. The number of aryl methyl sites for hydroxylation is 1. The molecule has 0 spiro atoms. The lowest BCUT2D eigenvalue weighted by Crippen LogP contribution is -2.49. The average molecular weight is 282 g/mol. The predicted molar refractivity (Wildman–Crippen MR) is 74.1 cm³/mol. The van der Waals surface area contributed by atoms with Gasteiger partial charge in [0, 0.05) is 25.9 Å². The minimum atomic E-state index is -1.01. The Balaban J connectivity index is 2.61. The van der Waals surface area contributed by atoms with Crippen LogP contribution in [-0.2, 0) is 18.4 Å². The van der Waals surface area contributed by atoms with E-state index in [2.05, 4.69) is 10.4 Å². The lowest BCUT2D eigenvalue weighted by Gasteiger charge is -2.24. The highest BCUT2D eigenvalue weighted by atomic mass is 16.4. The standard InChI is InChI=1S/C13H22N4O3/c1-5-9(2)11(12(18)19)15-13(20)16(3)7-10-6-14-17(4)8-10/h6,8-9,11H,5,7H2,1-4H3,(H,15,20)(H,18,19)/t9-,11-/m0/s1. The second-order valence-corrected chi connectivity index (χ2v) is 5.03. The second kappa shape index (κ2) is 6.93. The Morgan fingerprint density at radius 3 is 2.65 bits per heavy atom. The summed E-state index contributed by atoms with van der Waals surface area (Å²) in [5.41, 5.74) is 0.889. The van der Waals surface area contributed by atoms with Crippen molar-refractivity contribution >= 4 is 12.0 Å². The maximum atomic E-state index is 12.0. The number of carboxylic acid groups (broad SMARTS) is 1. The summed E-state index contributed by atoms with van der Waals surface area (Å²) >= 11 is 0. The van der Waals surface area contributed by atoms with Gasteiger partial charge >= 0.3 is 12.0 Å². The topological polar surface area (TPSA) is 87.5 Å². The number of hydrogen-bond acceptors (Lipinski definition) is 3. The molecule has 2 N–H and O–H groups in total. The van der Waals surface area contributed by atoms with E-state index in [1.165, 1.54) is 4.90 Å². The van der Waals surface area contributed by atoms with E-state index in [0.717, 1.165) is 5.56 Å². The summed E-state index contributed by atoms with van der Waals surface area (Å²) in [5.74, 6) is -1.13. The first-order valence-electron chi connectivity index (χ1n) is 6.57. The van der Waals surface area contributed by atoms with E-state index in [4.69, 9.17) is 5.11 Å². The number of carbonyl (C=O) groups excluding carboxylic acids is 1. The number of nitrogens with one attached hydrogen (secondary N) is 1. The van der Waals surface area contributed by atoms with Crippen LogP contribution < -0.4 is 5.32 Å². The van der Waals surface area contributed by atoms with Crippen molar-refractivity contribution in [1.82, 2.24) is 20.0 Å². The first-order valence-corrected chi connectivity index (χ1v) is 6.57. The number of aromatic nitrogens is 2. The van der Waals surface area contributed by atoms with Crippen LogP contribution in [0.5, 0.6) is 0 Å². The van der Waals surface area contributed by atoms with Crippen molar-refractivity contribution in [2.45, 2.75) is 32.9 Å². The van der Waals surface area contributed by atoms with Gasteiger partial charge in [-0.3, -0.25) is 4.68 Å². The Labute approximate surface area is 118 Å². The summed E-state index contributed by atoms with van der Waals surface area (Å²) in [6.07, 6.45) is 4.17. The SMILES string of the molecule is CC[C@H](C)[C@H](NC(=O)N(C)Cc1cnn(C)c1)C(=O)O. The Bertz CT molecular complexity index is 472. The fraction of sp³-hybridized carbons (Fsp3) is 0.615. The highest BCUT2D eigenvalue weighted by molar-refractivity contribution is 5.82. The molecule has 0 aliphatic heterocycles. The maximum absolute atomic E-state index is 12.0. The summed E-state index contributed by atoms with van der Waals surface area (Å²) < 4.78 is 1.65. The van der Waals surface area contributed by atoms with Crippen LogP contribution in [0.4, 0.5) is 4.79 Å². The average Bonchev–Trinajstić information content (AvgIpc) is 2.79. The molecule has 7 heteroatoms. The summed E-state index contributed by atoms with van der Waals surface area (Å²) in [6, 6.07) is -1.27. The van der Waals surface area contributed by atoms with Crippen molar-refractivity contribution in [2.24, 2.45) is 13.0 Å². The second-order valence-electron chi connectivity index (χ2n) is 5.03. The molecule has 112 valence electrons. The zero-order valence-electron chi connectivity index (χ0n) is 12.3. The molecule has 0 aliphatic carbocycles. The third-order valence-corrected chi connectivity index (χ3v) is 3.28. The van der Waals surface area contributed by atoms with Crippen LogP contribution in [-0.4, -0.2) is 44.9 Å². The molecule has 1 aromatic heterocycles. The predicted octanol–water partition coefficient (Wildman–Crippen LogP) is 1.06. The van der Waals surface area contributed by atoms with Gasteiger partial charge in [-0.2, -0.15) is 5.10 Å². The van der Waals surface area contributed by atoms with Crippen LogP contribution in [0.3, 0.4) is 0 Å². The van der Waals surface area contributed by atoms with Crippen molar-refractivity contribution in [3.63, 3.8) is 0 Å². The molecular weight excluding hydrogens is 260 g/mol. The largest absolute Gasteiger partial charge is 0.480 e. The van der Waals surface area contributed by atoms with Gasteiger partial charge in [-0.1, -0.05) is 20.3 Å². The van der Waals surface area contributed by atoms with Gasteiger partial charge in [0.2, 0.25) is 0 Å². The lowest BCUT2D eigenvalue weighted by atomic mass is 9.99. The van der Waals surface area contributed by atoms with Crippen LogP contribution in [0.1, 0.15) is 25.8 Å². The number of amides is 2. The number of rotatable bonds is 6. The summed E-state index contributed by atoms with van der Waals surface area (Å²) in [7, 11) is 3.42. The van der Waals surface area contributed by atoms with E-state index < -0.39 is 18.0 Å². The molecule has 1 rings (SSSR count). The number of carbonyl (C=O) groups is 2. The van der Waals surface area contributed by atoms with Crippen molar-refractivity contribution in [2.75, 3.05) is 7.05 Å². The van der Waals surface area contributed by atoms with Crippen LogP contribution >= 0.6 is 0 Å². The Morgan fingerprint density at radius 2 is 2.20 bits per heavy atom. The molecule has 0 saturated heterocycles. The molecule has 0 saturated carbocycles. The van der Waals surface area contributed by atoms with Gasteiger partial charge in [-0.05, 0) is 5.92 Å². The van der Waals surface area contributed by atoms with Crippen LogP contribution in [0, 0.1) is 5.92 Å². The van der Waals surface area contributed by atoms with Crippen molar-refractivity contribution in [3.8, 4) is 0 Å². The van der Waals surface area contributed by atoms with Gasteiger partial charge in [0.15, 0.2) is 0 Å². The molecule has 0 fully saturated rings. The van der Waals surface area contributed by atoms with Crippen LogP contribution in [0.25, 0.3) is 0 Å². The summed E-state index contributed by atoms with van der Waals surface area (Å²) in [5, 5.41) is 15.7. The van der Waals surface area contributed by atoms with Crippen molar-refractivity contribution in [1.29, 1.82) is 0 Å². The number of carboxylic acids is 1. The Kier molecular flexibility index (Phi) is 5.54. The zero-order chi connectivity index (χ0) is 15.3. The lowest BCUT2D eigenvalue weighted by molar-refractivity contribution is -0.140. The number of nitrogens with zero attached hydrogens (tertiary/aromatic N) is 3. The van der Waals surface area contributed by atoms with Gasteiger partial charge in [0.25, 0.3) is 0 Å². The molecule has 7 nitrogen and oxygen atoms in total. The molecule has 0 unspecified atom stereocenters. The molecule has 2 atom stereocenters. The Morgan fingerprint density at radius 1 is 1.55 bits per heavy atom. The van der Waals surface area contributed by atoms with Gasteiger partial charge in [-0.15, -0.1) is 0 Å². The Hall–Kier alpha value is -2.05. The molecule has 0 radical (unpaired) electrons. The molecule has 1 heterocycles. The number of hydrogen-bond donors (Lipinski definition) is 2. The monoisotopic (exact) mass is 282 g/mol. The van der Waals surface area contributed by atoms with Gasteiger partial charge in [0.05, 0.1) is 12.7 Å². The van der Waals surface area contributed by atoms with E-state index in [0.29, 0.717) is 13.0 Å². The quantitative estimate of drug-likeness (QED) is 0.816. The number of aliphatic carboxylic acids is 1. The molecule has 0 bridgehead atoms. The minimum absolute atomic E-state index is 0.122. The molecule has 1 aromatic rings. The molecular formula is C13H22N4O3. The third kappa shape index (κ3) is 4.25. The van der Waals surface area contributed by atoms with E-state index in [-0.39, 0.29) is 5.92 Å². The first-order chi connectivity index (χ1) is 9.35. The highest BCUT2D eigenvalue weighted by Gasteiger charge is 2.26. The number of urea groups is 1. The van der Waals surface area contributed by atoms with Gasteiger partial charge in [0.1, 0.15) is 6.04 Å². The van der Waals surface area contributed by atoms with E-state index >= 15 is 0 Å². The molecule has 0 aromatic carbocycles. The van der Waals surface area contributed by atoms with E-state index in [1.807, 2.05) is 13.1 Å². The highest BCUT2D eigenvalue weighted by Crippen LogP contribution is 2.09. The van der Waals surface area contributed by atoms with Crippen LogP contribution in [0.2, 0.25) is 0 Å². The zero-order valence-corrected chi connectivity index (χ0v) is 12.3. The normalized spacial score (nSPS) is 13.6. The van der Waals surface area contributed by atoms with Crippen molar-refractivity contribution < 1.29 is 14.7 Å². The van der Waals surface area contributed by atoms with Crippen LogP contribution in [0.15, 0.2) is 12.4 Å². The smallest absolute Gasteiger partial charge is 0.326 e. The fourth-order valence-electron chi connectivity index (χ4n) is 1.83. The summed E-state index contributed by atoms with van der Waals surface area (Å²) in [6.45, 7) is 4.08. The van der Waals surface area contributed by atoms with Crippen molar-refractivity contribution in [3.05, 3.63) is 18.0 Å². The van der Waals surface area contributed by atoms with E-state index in [1.54, 1.807) is 31.9 Å². The first kappa shape index (κ1) is 16.0. The van der Waals surface area contributed by atoms with Gasteiger partial charge in [-0.25, -0.2) is 9.59 Å². The maximum Gasteiger partial charge on any atom is 0.326 e. The summed E-state index contributed by atoms with van der Waals surface area (Å²) in [4.78, 5) is 24.6.